The van der Waals surface area contributed by atoms with Gasteiger partial charge in [-0.15, -0.1) is 0 Å². The molecule has 0 aromatic heterocycles. The molecular formula is C15H20Cl2O. The zero-order valence-electron chi connectivity index (χ0n) is 10.5. The SMILES string of the molecule is OC(CCC1CCCC1)Cc1cc(Cl)ccc1Cl. The minimum atomic E-state index is -0.304. The molecule has 1 aliphatic carbocycles. The Balaban J connectivity index is 1.82. The number of halogens is 2. The van der Waals surface area contributed by atoms with Gasteiger partial charge in [-0.2, -0.15) is 0 Å². The second-order valence-corrected chi connectivity index (χ2v) is 6.17. The molecule has 1 aromatic carbocycles. The number of aliphatic hydroxyl groups excluding tert-OH is 1. The van der Waals surface area contributed by atoms with Crippen molar-refractivity contribution in [2.45, 2.75) is 51.0 Å². The largest absolute Gasteiger partial charge is 0.393 e. The van der Waals surface area contributed by atoms with Gasteiger partial charge < -0.3 is 5.11 Å². The molecular weight excluding hydrogens is 267 g/mol. The Morgan fingerprint density at radius 2 is 1.94 bits per heavy atom. The molecule has 1 saturated carbocycles. The molecule has 1 N–H and O–H groups in total. The van der Waals surface area contributed by atoms with Gasteiger partial charge in [0, 0.05) is 10.0 Å². The third-order valence-electron chi connectivity index (χ3n) is 3.85. The van der Waals surface area contributed by atoms with Gasteiger partial charge in [0.15, 0.2) is 0 Å². The van der Waals surface area contributed by atoms with E-state index in [4.69, 9.17) is 23.2 Å². The van der Waals surface area contributed by atoms with Crippen LogP contribution in [-0.2, 0) is 6.42 Å². The molecule has 1 aromatic rings. The lowest BCUT2D eigenvalue weighted by atomic mass is 9.97. The molecule has 1 unspecified atom stereocenters. The molecule has 1 atom stereocenters. The molecule has 1 fully saturated rings. The van der Waals surface area contributed by atoms with Crippen molar-refractivity contribution >= 4 is 23.2 Å². The highest BCUT2D eigenvalue weighted by molar-refractivity contribution is 6.33. The maximum atomic E-state index is 10.1. The van der Waals surface area contributed by atoms with Crippen molar-refractivity contribution in [3.05, 3.63) is 33.8 Å². The Morgan fingerprint density at radius 3 is 2.67 bits per heavy atom. The van der Waals surface area contributed by atoms with Gasteiger partial charge in [0.1, 0.15) is 0 Å². The van der Waals surface area contributed by atoms with Gasteiger partial charge in [0.05, 0.1) is 6.10 Å². The fourth-order valence-corrected chi connectivity index (χ4v) is 3.17. The highest BCUT2D eigenvalue weighted by atomic mass is 35.5. The molecule has 0 saturated heterocycles. The Morgan fingerprint density at radius 1 is 1.22 bits per heavy atom. The topological polar surface area (TPSA) is 20.2 Å². The summed E-state index contributed by atoms with van der Waals surface area (Å²) in [6, 6.07) is 5.42. The number of rotatable bonds is 5. The van der Waals surface area contributed by atoms with E-state index in [2.05, 4.69) is 0 Å². The van der Waals surface area contributed by atoms with Crippen molar-refractivity contribution in [2.75, 3.05) is 0 Å². The summed E-state index contributed by atoms with van der Waals surface area (Å²) < 4.78 is 0. The lowest BCUT2D eigenvalue weighted by Crippen LogP contribution is -2.12. The molecule has 0 aliphatic heterocycles. The molecule has 3 heteroatoms. The first-order valence-electron chi connectivity index (χ1n) is 6.77. The summed E-state index contributed by atoms with van der Waals surface area (Å²) in [6.07, 6.45) is 7.71. The number of benzene rings is 1. The molecule has 0 bridgehead atoms. The molecule has 0 spiro atoms. The summed E-state index contributed by atoms with van der Waals surface area (Å²) in [5, 5.41) is 11.4. The van der Waals surface area contributed by atoms with Gasteiger partial charge in [-0.3, -0.25) is 0 Å². The van der Waals surface area contributed by atoms with Crippen LogP contribution in [0.25, 0.3) is 0 Å². The quantitative estimate of drug-likeness (QED) is 0.819. The number of hydrogen-bond acceptors (Lipinski definition) is 1. The number of aliphatic hydroxyl groups is 1. The molecule has 1 nitrogen and oxygen atoms in total. The first-order valence-corrected chi connectivity index (χ1v) is 7.52. The van der Waals surface area contributed by atoms with E-state index in [0.717, 1.165) is 24.3 Å². The van der Waals surface area contributed by atoms with E-state index >= 15 is 0 Å². The van der Waals surface area contributed by atoms with Crippen molar-refractivity contribution in [3.8, 4) is 0 Å². The van der Waals surface area contributed by atoms with Gasteiger partial charge in [-0.05, 0) is 48.9 Å². The maximum absolute atomic E-state index is 10.1. The molecule has 2 rings (SSSR count). The highest BCUT2D eigenvalue weighted by Crippen LogP contribution is 2.30. The molecule has 18 heavy (non-hydrogen) atoms. The van der Waals surface area contributed by atoms with Crippen LogP contribution in [0.2, 0.25) is 10.0 Å². The van der Waals surface area contributed by atoms with Crippen LogP contribution >= 0.6 is 23.2 Å². The van der Waals surface area contributed by atoms with Gasteiger partial charge >= 0.3 is 0 Å². The van der Waals surface area contributed by atoms with Gasteiger partial charge in [0.2, 0.25) is 0 Å². The minimum Gasteiger partial charge on any atom is -0.393 e. The highest BCUT2D eigenvalue weighted by Gasteiger charge is 2.17. The van der Waals surface area contributed by atoms with Crippen molar-refractivity contribution in [1.82, 2.24) is 0 Å². The summed E-state index contributed by atoms with van der Waals surface area (Å²) in [7, 11) is 0. The predicted octanol–water partition coefficient (Wildman–Crippen LogP) is 4.87. The summed E-state index contributed by atoms with van der Waals surface area (Å²) in [6.45, 7) is 0. The summed E-state index contributed by atoms with van der Waals surface area (Å²) in [5.74, 6) is 0.828. The van der Waals surface area contributed by atoms with Crippen molar-refractivity contribution in [1.29, 1.82) is 0 Å². The minimum absolute atomic E-state index is 0.304. The molecule has 1 aliphatic rings. The van der Waals surface area contributed by atoms with E-state index in [-0.39, 0.29) is 6.10 Å². The van der Waals surface area contributed by atoms with Gasteiger partial charge in [0.25, 0.3) is 0 Å². The van der Waals surface area contributed by atoms with Crippen molar-refractivity contribution in [2.24, 2.45) is 5.92 Å². The Bertz CT molecular complexity index is 386. The second-order valence-electron chi connectivity index (χ2n) is 5.32. The standard InChI is InChI=1S/C15H20Cl2O/c16-13-6-8-15(17)12(9-13)10-14(18)7-5-11-3-1-2-4-11/h6,8-9,11,14,18H,1-5,7,10H2. The van der Waals surface area contributed by atoms with Crippen molar-refractivity contribution < 1.29 is 5.11 Å². The molecule has 0 heterocycles. The van der Waals surface area contributed by atoms with E-state index in [1.807, 2.05) is 6.07 Å². The van der Waals surface area contributed by atoms with E-state index in [1.165, 1.54) is 25.7 Å². The first kappa shape index (κ1) is 14.2. The van der Waals surface area contributed by atoms with E-state index < -0.39 is 0 Å². The third-order valence-corrected chi connectivity index (χ3v) is 4.45. The second kappa shape index (κ2) is 6.79. The first-order chi connectivity index (χ1) is 8.65. The fraction of sp³-hybridized carbons (Fsp3) is 0.600. The van der Waals surface area contributed by atoms with Crippen LogP contribution < -0.4 is 0 Å². The van der Waals surface area contributed by atoms with Crippen molar-refractivity contribution in [3.63, 3.8) is 0 Å². The summed E-state index contributed by atoms with van der Waals surface area (Å²) in [5.41, 5.74) is 0.947. The van der Waals surface area contributed by atoms with E-state index in [0.29, 0.717) is 16.5 Å². The van der Waals surface area contributed by atoms with Gasteiger partial charge in [-0.1, -0.05) is 48.9 Å². The Kier molecular flexibility index (Phi) is 5.35. The predicted molar refractivity (Wildman–Crippen MR) is 77.4 cm³/mol. The van der Waals surface area contributed by atoms with Crippen LogP contribution in [0, 0.1) is 5.92 Å². The monoisotopic (exact) mass is 286 g/mol. The molecule has 0 radical (unpaired) electrons. The lowest BCUT2D eigenvalue weighted by Gasteiger charge is -2.14. The third kappa shape index (κ3) is 4.15. The normalized spacial score (nSPS) is 18.2. The van der Waals surface area contributed by atoms with Crippen LogP contribution in [0.15, 0.2) is 18.2 Å². The van der Waals surface area contributed by atoms with Crippen LogP contribution in [0.5, 0.6) is 0 Å². The summed E-state index contributed by atoms with van der Waals surface area (Å²) >= 11 is 12.0. The lowest BCUT2D eigenvalue weighted by molar-refractivity contribution is 0.155. The maximum Gasteiger partial charge on any atom is 0.0581 e. The van der Waals surface area contributed by atoms with Crippen LogP contribution in [0.4, 0.5) is 0 Å². The van der Waals surface area contributed by atoms with Crippen LogP contribution in [-0.4, -0.2) is 11.2 Å². The van der Waals surface area contributed by atoms with Gasteiger partial charge in [-0.25, -0.2) is 0 Å². The molecule has 0 amide bonds. The Labute approximate surface area is 119 Å². The van der Waals surface area contributed by atoms with Crippen LogP contribution in [0.3, 0.4) is 0 Å². The average molecular weight is 287 g/mol. The smallest absolute Gasteiger partial charge is 0.0581 e. The Hall–Kier alpha value is -0.240. The fourth-order valence-electron chi connectivity index (χ4n) is 2.78. The molecule has 100 valence electrons. The van der Waals surface area contributed by atoms with Crippen LogP contribution in [0.1, 0.15) is 44.1 Å². The zero-order chi connectivity index (χ0) is 13.0. The van der Waals surface area contributed by atoms with E-state index in [1.54, 1.807) is 12.1 Å². The zero-order valence-corrected chi connectivity index (χ0v) is 12.1. The summed E-state index contributed by atoms with van der Waals surface area (Å²) in [4.78, 5) is 0. The number of hydrogen-bond donors (Lipinski definition) is 1. The van der Waals surface area contributed by atoms with E-state index in [9.17, 15) is 5.11 Å². The average Bonchev–Trinajstić information content (AvgIpc) is 2.84.